The maximum absolute atomic E-state index is 12.7. The number of hydrogen-bond acceptors (Lipinski definition) is 4. The van der Waals surface area contributed by atoms with Gasteiger partial charge >= 0.3 is 6.03 Å². The average molecular weight is 406 g/mol. The molecule has 2 aromatic carbocycles. The summed E-state index contributed by atoms with van der Waals surface area (Å²) in [5.74, 6) is 0.259. The van der Waals surface area contributed by atoms with Crippen molar-refractivity contribution in [2.45, 2.75) is 20.4 Å². The molecule has 0 radical (unpaired) electrons. The summed E-state index contributed by atoms with van der Waals surface area (Å²) in [6, 6.07) is 17.2. The Hall–Kier alpha value is -3.48. The van der Waals surface area contributed by atoms with Gasteiger partial charge in [0.1, 0.15) is 5.75 Å². The van der Waals surface area contributed by atoms with E-state index in [1.807, 2.05) is 65.9 Å². The molecule has 7 heteroatoms. The molecule has 1 aliphatic rings. The number of phenolic OH excluding ortho intramolecular Hbond substituents is 1. The van der Waals surface area contributed by atoms with Crippen molar-refractivity contribution in [2.75, 3.05) is 31.1 Å². The quantitative estimate of drug-likeness (QED) is 0.699. The molecule has 2 N–H and O–H groups in total. The molecule has 4 rings (SSSR count). The average Bonchev–Trinajstić information content (AvgIpc) is 3.06. The Morgan fingerprint density at radius 2 is 1.70 bits per heavy atom. The maximum Gasteiger partial charge on any atom is 0.317 e. The van der Waals surface area contributed by atoms with Crippen LogP contribution in [0.3, 0.4) is 0 Å². The molecule has 2 heterocycles. The summed E-state index contributed by atoms with van der Waals surface area (Å²) in [5, 5.41) is 17.4. The Morgan fingerprint density at radius 1 is 1.00 bits per heavy atom. The van der Waals surface area contributed by atoms with Crippen LogP contribution in [0.1, 0.15) is 17.0 Å². The number of para-hydroxylation sites is 1. The van der Waals surface area contributed by atoms with Gasteiger partial charge in [0, 0.05) is 55.7 Å². The number of nitrogens with zero attached hydrogens (tertiary/aromatic N) is 4. The first-order valence-corrected chi connectivity index (χ1v) is 10.2. The van der Waals surface area contributed by atoms with Crippen LogP contribution in [0.4, 0.5) is 10.5 Å². The predicted molar refractivity (Wildman–Crippen MR) is 117 cm³/mol. The third kappa shape index (κ3) is 4.10. The second kappa shape index (κ2) is 8.49. The fourth-order valence-electron chi connectivity index (χ4n) is 3.88. The van der Waals surface area contributed by atoms with E-state index in [0.29, 0.717) is 19.6 Å². The summed E-state index contributed by atoms with van der Waals surface area (Å²) >= 11 is 0. The molecular weight excluding hydrogens is 378 g/mol. The number of anilines is 1. The number of carbonyl (C=O) groups excluding carboxylic acids is 1. The molecule has 2 amide bonds. The molecule has 1 aliphatic heterocycles. The van der Waals surface area contributed by atoms with Gasteiger partial charge in [0.05, 0.1) is 11.4 Å². The number of rotatable bonds is 4. The summed E-state index contributed by atoms with van der Waals surface area (Å²) in [4.78, 5) is 16.7. The first-order chi connectivity index (χ1) is 14.5. The number of nitrogens with one attached hydrogen (secondary N) is 1. The molecule has 156 valence electrons. The zero-order valence-corrected chi connectivity index (χ0v) is 17.4. The molecule has 0 atom stereocenters. The molecule has 0 saturated carbocycles. The first kappa shape index (κ1) is 19.8. The molecule has 0 spiro atoms. The van der Waals surface area contributed by atoms with Gasteiger partial charge in [-0.1, -0.05) is 24.3 Å². The minimum absolute atomic E-state index is 0.0585. The maximum atomic E-state index is 12.7. The van der Waals surface area contributed by atoms with Gasteiger partial charge in [0.25, 0.3) is 0 Å². The molecule has 1 aromatic heterocycles. The third-order valence-electron chi connectivity index (χ3n) is 5.62. The summed E-state index contributed by atoms with van der Waals surface area (Å²) in [6.45, 7) is 7.22. The van der Waals surface area contributed by atoms with Crippen LogP contribution < -0.4 is 10.2 Å². The van der Waals surface area contributed by atoms with Crippen molar-refractivity contribution in [3.05, 3.63) is 71.5 Å². The van der Waals surface area contributed by atoms with Crippen molar-refractivity contribution in [1.29, 1.82) is 0 Å². The van der Waals surface area contributed by atoms with E-state index in [1.54, 1.807) is 12.1 Å². The van der Waals surface area contributed by atoms with Gasteiger partial charge in [-0.25, -0.2) is 9.48 Å². The second-order valence-electron chi connectivity index (χ2n) is 7.55. The molecule has 0 bridgehead atoms. The third-order valence-corrected chi connectivity index (χ3v) is 5.62. The highest BCUT2D eigenvalue weighted by Gasteiger charge is 2.22. The summed E-state index contributed by atoms with van der Waals surface area (Å²) < 4.78 is 1.92. The molecule has 1 fully saturated rings. The Bertz CT molecular complexity index is 1020. The topological polar surface area (TPSA) is 73.6 Å². The van der Waals surface area contributed by atoms with Gasteiger partial charge in [-0.3, -0.25) is 0 Å². The SMILES string of the molecule is Cc1nn(-c2ccccc2)c(C)c1CNC(=O)N1CCN(c2cccc(O)c2)CC1. The Kier molecular flexibility index (Phi) is 5.61. The lowest BCUT2D eigenvalue weighted by atomic mass is 10.2. The number of urea groups is 1. The lowest BCUT2D eigenvalue weighted by molar-refractivity contribution is 0.194. The van der Waals surface area contributed by atoms with Crippen molar-refractivity contribution in [2.24, 2.45) is 0 Å². The van der Waals surface area contributed by atoms with Crippen LogP contribution in [0, 0.1) is 13.8 Å². The summed E-state index contributed by atoms with van der Waals surface area (Å²) in [5.41, 5.74) is 5.00. The van der Waals surface area contributed by atoms with Crippen LogP contribution in [0.15, 0.2) is 54.6 Å². The fraction of sp³-hybridized carbons (Fsp3) is 0.304. The van der Waals surface area contributed by atoms with Gasteiger partial charge < -0.3 is 20.2 Å². The van der Waals surface area contributed by atoms with E-state index in [0.717, 1.165) is 41.4 Å². The van der Waals surface area contributed by atoms with E-state index in [4.69, 9.17) is 0 Å². The number of aryl methyl sites for hydroxylation is 1. The highest BCUT2D eigenvalue weighted by atomic mass is 16.3. The number of aromatic hydroxyl groups is 1. The van der Waals surface area contributed by atoms with Crippen LogP contribution >= 0.6 is 0 Å². The van der Waals surface area contributed by atoms with E-state index in [-0.39, 0.29) is 11.8 Å². The Balaban J connectivity index is 1.35. The highest BCUT2D eigenvalue weighted by Crippen LogP contribution is 2.21. The largest absolute Gasteiger partial charge is 0.508 e. The number of benzene rings is 2. The van der Waals surface area contributed by atoms with Gasteiger partial charge in [-0.2, -0.15) is 5.10 Å². The summed E-state index contributed by atoms with van der Waals surface area (Å²) in [6.07, 6.45) is 0. The number of piperazine rings is 1. The zero-order chi connectivity index (χ0) is 21.1. The lowest BCUT2D eigenvalue weighted by Gasteiger charge is -2.36. The minimum atomic E-state index is -0.0585. The lowest BCUT2D eigenvalue weighted by Crippen LogP contribution is -2.51. The van der Waals surface area contributed by atoms with Crippen molar-refractivity contribution in [3.63, 3.8) is 0 Å². The van der Waals surface area contributed by atoms with Gasteiger partial charge in [0.15, 0.2) is 0 Å². The number of phenols is 1. The first-order valence-electron chi connectivity index (χ1n) is 10.2. The van der Waals surface area contributed by atoms with E-state index in [2.05, 4.69) is 15.3 Å². The van der Waals surface area contributed by atoms with E-state index < -0.39 is 0 Å². The Morgan fingerprint density at radius 3 is 2.40 bits per heavy atom. The van der Waals surface area contributed by atoms with E-state index >= 15 is 0 Å². The van der Waals surface area contributed by atoms with Gasteiger partial charge in [-0.15, -0.1) is 0 Å². The van der Waals surface area contributed by atoms with E-state index in [1.165, 1.54) is 0 Å². The fourth-order valence-corrected chi connectivity index (χ4v) is 3.88. The molecule has 0 aliphatic carbocycles. The molecule has 0 unspecified atom stereocenters. The number of hydrogen-bond donors (Lipinski definition) is 2. The van der Waals surface area contributed by atoms with Crippen molar-refractivity contribution < 1.29 is 9.90 Å². The molecular formula is C23H27N5O2. The molecule has 7 nitrogen and oxygen atoms in total. The summed E-state index contributed by atoms with van der Waals surface area (Å²) in [7, 11) is 0. The van der Waals surface area contributed by atoms with Crippen LogP contribution in [0.25, 0.3) is 5.69 Å². The monoisotopic (exact) mass is 405 g/mol. The number of amides is 2. The Labute approximate surface area is 176 Å². The molecule has 30 heavy (non-hydrogen) atoms. The van der Waals surface area contributed by atoms with Crippen molar-refractivity contribution >= 4 is 11.7 Å². The normalized spacial score (nSPS) is 14.1. The molecule has 3 aromatic rings. The van der Waals surface area contributed by atoms with Crippen LogP contribution in [-0.4, -0.2) is 52.0 Å². The standard InChI is InChI=1S/C23H27N5O2/c1-17-22(18(2)28(25-17)19-7-4-3-5-8-19)16-24-23(30)27-13-11-26(12-14-27)20-9-6-10-21(29)15-20/h3-10,15,29H,11-14,16H2,1-2H3,(H,24,30). The number of carbonyl (C=O) groups is 1. The van der Waals surface area contributed by atoms with Gasteiger partial charge in [-0.05, 0) is 38.1 Å². The highest BCUT2D eigenvalue weighted by molar-refractivity contribution is 5.74. The second-order valence-corrected chi connectivity index (χ2v) is 7.55. The van der Waals surface area contributed by atoms with Crippen LogP contribution in [0.5, 0.6) is 5.75 Å². The smallest absolute Gasteiger partial charge is 0.317 e. The van der Waals surface area contributed by atoms with Crippen molar-refractivity contribution in [3.8, 4) is 11.4 Å². The van der Waals surface area contributed by atoms with Crippen LogP contribution in [0.2, 0.25) is 0 Å². The van der Waals surface area contributed by atoms with Crippen molar-refractivity contribution in [1.82, 2.24) is 20.0 Å². The van der Waals surface area contributed by atoms with Crippen LogP contribution in [-0.2, 0) is 6.54 Å². The van der Waals surface area contributed by atoms with E-state index in [9.17, 15) is 9.90 Å². The van der Waals surface area contributed by atoms with Gasteiger partial charge in [0.2, 0.25) is 0 Å². The number of aromatic nitrogens is 2. The minimum Gasteiger partial charge on any atom is -0.508 e. The molecule has 1 saturated heterocycles. The predicted octanol–water partition coefficient (Wildman–Crippen LogP) is 3.23. The zero-order valence-electron chi connectivity index (χ0n) is 17.4.